The van der Waals surface area contributed by atoms with Crippen LogP contribution in [0.3, 0.4) is 0 Å². The molecule has 2 aromatic carbocycles. The molecule has 1 aromatic heterocycles. The zero-order chi connectivity index (χ0) is 17.8. The van der Waals surface area contributed by atoms with Gasteiger partial charge in [0.1, 0.15) is 0 Å². The van der Waals surface area contributed by atoms with Crippen LogP contribution in [0, 0.1) is 13.8 Å². The van der Waals surface area contributed by atoms with Crippen molar-refractivity contribution < 1.29 is 4.79 Å². The van der Waals surface area contributed by atoms with Crippen LogP contribution in [-0.2, 0) is 4.79 Å². The van der Waals surface area contributed by atoms with Crippen molar-refractivity contribution in [1.29, 1.82) is 0 Å². The second-order valence-electron chi connectivity index (χ2n) is 5.93. The maximum atomic E-state index is 12.5. The number of thiazole rings is 1. The van der Waals surface area contributed by atoms with Crippen molar-refractivity contribution in [3.63, 3.8) is 0 Å². The van der Waals surface area contributed by atoms with E-state index in [0.29, 0.717) is 0 Å². The van der Waals surface area contributed by atoms with E-state index in [9.17, 15) is 4.79 Å². The molecule has 0 aliphatic heterocycles. The Balaban J connectivity index is 1.65. The van der Waals surface area contributed by atoms with Gasteiger partial charge in [0.15, 0.2) is 4.34 Å². The maximum absolute atomic E-state index is 12.5. The number of aromatic nitrogens is 1. The molecule has 3 rings (SSSR count). The molecule has 1 heterocycles. The Labute approximate surface area is 156 Å². The molecule has 0 aliphatic rings. The Hall–Kier alpha value is -2.11. The van der Waals surface area contributed by atoms with Crippen molar-refractivity contribution >= 4 is 34.7 Å². The number of hydrogen-bond acceptors (Lipinski definition) is 4. The smallest absolute Gasteiger partial charge is 0.237 e. The minimum atomic E-state index is -0.213. The highest BCUT2D eigenvalue weighted by Gasteiger charge is 2.17. The van der Waals surface area contributed by atoms with Gasteiger partial charge in [0.2, 0.25) is 5.91 Å². The van der Waals surface area contributed by atoms with Crippen LogP contribution in [0.25, 0.3) is 11.3 Å². The standard InChI is InChI=1S/C20H20N2OS2/c1-13-9-10-17(14(2)11-13)21-19(23)15(3)25-20-22-18(12-24-20)16-7-5-4-6-8-16/h4-12,15H,1-3H3,(H,21,23)/t15-/m1/s1. The van der Waals surface area contributed by atoms with E-state index in [1.54, 1.807) is 11.3 Å². The summed E-state index contributed by atoms with van der Waals surface area (Å²) in [6.07, 6.45) is 0. The van der Waals surface area contributed by atoms with Gasteiger partial charge in [-0.3, -0.25) is 4.79 Å². The van der Waals surface area contributed by atoms with Crippen molar-refractivity contribution in [1.82, 2.24) is 4.98 Å². The Kier molecular flexibility index (Phi) is 5.56. The zero-order valence-electron chi connectivity index (χ0n) is 14.4. The number of carbonyl (C=O) groups is 1. The number of carbonyl (C=O) groups excluding carboxylic acids is 1. The maximum Gasteiger partial charge on any atom is 0.237 e. The average molecular weight is 369 g/mol. The number of benzene rings is 2. The third kappa shape index (κ3) is 4.50. The first-order valence-corrected chi connectivity index (χ1v) is 9.84. The molecule has 3 aromatic rings. The number of nitrogens with zero attached hydrogens (tertiary/aromatic N) is 1. The summed E-state index contributed by atoms with van der Waals surface area (Å²) in [5.41, 5.74) is 5.18. The number of hydrogen-bond donors (Lipinski definition) is 1. The summed E-state index contributed by atoms with van der Waals surface area (Å²) in [7, 11) is 0. The molecule has 1 N–H and O–H groups in total. The molecule has 0 saturated heterocycles. The van der Waals surface area contributed by atoms with Crippen LogP contribution in [0.1, 0.15) is 18.1 Å². The van der Waals surface area contributed by atoms with E-state index in [-0.39, 0.29) is 11.2 Å². The Morgan fingerprint density at radius 1 is 1.16 bits per heavy atom. The van der Waals surface area contributed by atoms with E-state index in [2.05, 4.69) is 16.4 Å². The monoisotopic (exact) mass is 368 g/mol. The van der Waals surface area contributed by atoms with Gasteiger partial charge < -0.3 is 5.32 Å². The van der Waals surface area contributed by atoms with Crippen LogP contribution in [0.4, 0.5) is 5.69 Å². The van der Waals surface area contributed by atoms with Gasteiger partial charge in [0, 0.05) is 16.6 Å². The lowest BCUT2D eigenvalue weighted by molar-refractivity contribution is -0.115. The molecule has 0 bridgehead atoms. The largest absolute Gasteiger partial charge is 0.325 e. The van der Waals surface area contributed by atoms with Gasteiger partial charge in [0.05, 0.1) is 10.9 Å². The average Bonchev–Trinajstić information content (AvgIpc) is 3.06. The molecule has 0 fully saturated rings. The first kappa shape index (κ1) is 17.7. The van der Waals surface area contributed by atoms with Gasteiger partial charge >= 0.3 is 0 Å². The van der Waals surface area contributed by atoms with Crippen LogP contribution >= 0.6 is 23.1 Å². The third-order valence-corrected chi connectivity index (χ3v) is 5.91. The molecule has 128 valence electrons. The number of thioether (sulfide) groups is 1. The second kappa shape index (κ2) is 7.85. The van der Waals surface area contributed by atoms with Gasteiger partial charge in [-0.15, -0.1) is 11.3 Å². The molecule has 0 aliphatic carbocycles. The summed E-state index contributed by atoms with van der Waals surface area (Å²) in [6.45, 7) is 5.96. The summed E-state index contributed by atoms with van der Waals surface area (Å²) < 4.78 is 0.905. The molecule has 0 spiro atoms. The summed E-state index contributed by atoms with van der Waals surface area (Å²) in [5, 5.41) is 4.83. The highest BCUT2D eigenvalue weighted by molar-refractivity contribution is 8.02. The molecule has 3 nitrogen and oxygen atoms in total. The summed E-state index contributed by atoms with van der Waals surface area (Å²) in [6, 6.07) is 16.1. The molecular weight excluding hydrogens is 348 g/mol. The van der Waals surface area contributed by atoms with E-state index in [1.807, 2.05) is 68.6 Å². The molecule has 0 radical (unpaired) electrons. The fourth-order valence-electron chi connectivity index (χ4n) is 2.45. The molecule has 25 heavy (non-hydrogen) atoms. The minimum absolute atomic E-state index is 0.00610. The van der Waals surface area contributed by atoms with Gasteiger partial charge in [-0.05, 0) is 32.4 Å². The number of aryl methyl sites for hydroxylation is 2. The van der Waals surface area contributed by atoms with E-state index < -0.39 is 0 Å². The predicted molar refractivity (Wildman–Crippen MR) is 107 cm³/mol. The van der Waals surface area contributed by atoms with Crippen LogP contribution in [0.15, 0.2) is 58.3 Å². The Morgan fingerprint density at radius 3 is 2.64 bits per heavy atom. The van der Waals surface area contributed by atoms with Crippen molar-refractivity contribution in [2.45, 2.75) is 30.4 Å². The fourth-order valence-corrected chi connectivity index (χ4v) is 4.42. The van der Waals surface area contributed by atoms with Crippen molar-refractivity contribution in [2.75, 3.05) is 5.32 Å². The third-order valence-electron chi connectivity index (χ3n) is 3.84. The normalized spacial score (nSPS) is 12.0. The SMILES string of the molecule is Cc1ccc(NC(=O)[C@@H](C)Sc2nc(-c3ccccc3)cs2)c(C)c1. The van der Waals surface area contributed by atoms with Crippen LogP contribution in [-0.4, -0.2) is 16.1 Å². The van der Waals surface area contributed by atoms with E-state index in [4.69, 9.17) is 0 Å². The van der Waals surface area contributed by atoms with Gasteiger partial charge in [-0.1, -0.05) is 59.8 Å². The topological polar surface area (TPSA) is 42.0 Å². The zero-order valence-corrected chi connectivity index (χ0v) is 16.1. The predicted octanol–water partition coefficient (Wildman–Crippen LogP) is 5.55. The molecule has 5 heteroatoms. The molecule has 1 atom stereocenters. The van der Waals surface area contributed by atoms with Gasteiger partial charge in [0.25, 0.3) is 0 Å². The number of anilines is 1. The first-order chi connectivity index (χ1) is 12.0. The molecule has 0 saturated carbocycles. The van der Waals surface area contributed by atoms with E-state index >= 15 is 0 Å². The summed E-state index contributed by atoms with van der Waals surface area (Å²) >= 11 is 3.06. The first-order valence-electron chi connectivity index (χ1n) is 8.08. The summed E-state index contributed by atoms with van der Waals surface area (Å²) in [4.78, 5) is 17.1. The minimum Gasteiger partial charge on any atom is -0.325 e. The van der Waals surface area contributed by atoms with E-state index in [0.717, 1.165) is 26.8 Å². The van der Waals surface area contributed by atoms with Crippen molar-refractivity contribution in [2.24, 2.45) is 0 Å². The van der Waals surface area contributed by atoms with Crippen molar-refractivity contribution in [3.05, 3.63) is 65.0 Å². The van der Waals surface area contributed by atoms with E-state index in [1.165, 1.54) is 17.3 Å². The van der Waals surface area contributed by atoms with Crippen LogP contribution < -0.4 is 5.32 Å². The molecule has 1 amide bonds. The van der Waals surface area contributed by atoms with Gasteiger partial charge in [-0.2, -0.15) is 0 Å². The molecular formula is C20H20N2OS2. The van der Waals surface area contributed by atoms with Gasteiger partial charge in [-0.25, -0.2) is 4.98 Å². The Morgan fingerprint density at radius 2 is 1.92 bits per heavy atom. The number of rotatable bonds is 5. The highest BCUT2D eigenvalue weighted by atomic mass is 32.2. The molecule has 0 unspecified atom stereocenters. The summed E-state index contributed by atoms with van der Waals surface area (Å²) in [5.74, 6) is -0.00610. The van der Waals surface area contributed by atoms with Crippen LogP contribution in [0.5, 0.6) is 0 Å². The Bertz CT molecular complexity index is 874. The lowest BCUT2D eigenvalue weighted by atomic mass is 10.1. The fraction of sp³-hybridized carbons (Fsp3) is 0.200. The highest BCUT2D eigenvalue weighted by Crippen LogP contribution is 2.31. The second-order valence-corrected chi connectivity index (χ2v) is 8.38. The number of amides is 1. The van der Waals surface area contributed by atoms with Crippen molar-refractivity contribution in [3.8, 4) is 11.3 Å². The lowest BCUT2D eigenvalue weighted by Gasteiger charge is -2.12. The quantitative estimate of drug-likeness (QED) is 0.601. The van der Waals surface area contributed by atoms with Crippen LogP contribution in [0.2, 0.25) is 0 Å². The number of nitrogens with one attached hydrogen (secondary N) is 1. The lowest BCUT2D eigenvalue weighted by Crippen LogP contribution is -2.22.